The van der Waals surface area contributed by atoms with Crippen molar-refractivity contribution >= 4 is 17.4 Å². The van der Waals surface area contributed by atoms with Crippen LogP contribution in [0.1, 0.15) is 27.8 Å². The summed E-state index contributed by atoms with van der Waals surface area (Å²) in [7, 11) is 3.86. The molecule has 2 rings (SSSR count). The number of carbonyl (C=O) groups is 2. The summed E-state index contributed by atoms with van der Waals surface area (Å²) in [6.07, 6.45) is 1.55. The molecule has 2 aromatic rings. The summed E-state index contributed by atoms with van der Waals surface area (Å²) in [6.45, 7) is 1.42. The molecule has 0 atom stereocenters. The van der Waals surface area contributed by atoms with Crippen LogP contribution in [0.5, 0.6) is 0 Å². The lowest BCUT2D eigenvalue weighted by Gasteiger charge is -2.13. The molecule has 0 amide bonds. The number of hydrogen-bond acceptors (Lipinski definition) is 3. The highest BCUT2D eigenvalue weighted by atomic mass is 16.4. The van der Waals surface area contributed by atoms with Gasteiger partial charge in [0.25, 0.3) is 0 Å². The fraction of sp³-hybridized carbons (Fsp3) is 0.200. The van der Waals surface area contributed by atoms with Gasteiger partial charge in [-0.05, 0) is 37.3 Å². The molecule has 1 heterocycles. The van der Waals surface area contributed by atoms with Gasteiger partial charge in [0.05, 0.1) is 0 Å². The Bertz CT molecular complexity index is 654. The largest absolute Gasteiger partial charge is 0.477 e. The number of benzene rings is 1. The molecule has 0 bridgehead atoms. The predicted molar refractivity (Wildman–Crippen MR) is 77.1 cm³/mol. The zero-order valence-corrected chi connectivity index (χ0v) is 11.6. The highest BCUT2D eigenvalue weighted by molar-refractivity contribution is 5.97. The molecule has 0 aliphatic carbocycles. The van der Waals surface area contributed by atoms with Crippen LogP contribution in [0.15, 0.2) is 36.5 Å². The van der Waals surface area contributed by atoms with Crippen molar-refractivity contribution in [1.29, 1.82) is 0 Å². The molecule has 0 radical (unpaired) electrons. The van der Waals surface area contributed by atoms with Crippen LogP contribution in [0.3, 0.4) is 0 Å². The van der Waals surface area contributed by atoms with Crippen molar-refractivity contribution < 1.29 is 14.7 Å². The van der Waals surface area contributed by atoms with E-state index in [1.165, 1.54) is 17.6 Å². The maximum Gasteiger partial charge on any atom is 0.352 e. The average Bonchev–Trinajstić information content (AvgIpc) is 2.84. The quantitative estimate of drug-likeness (QED) is 0.868. The Morgan fingerprint density at radius 3 is 2.20 bits per heavy atom. The van der Waals surface area contributed by atoms with Crippen LogP contribution in [0.25, 0.3) is 5.69 Å². The van der Waals surface area contributed by atoms with E-state index in [9.17, 15) is 14.7 Å². The van der Waals surface area contributed by atoms with E-state index in [-0.39, 0.29) is 11.5 Å². The van der Waals surface area contributed by atoms with Crippen LogP contribution in [0.4, 0.5) is 5.69 Å². The van der Waals surface area contributed by atoms with E-state index >= 15 is 0 Å². The molecular formula is C15H16N2O3. The average molecular weight is 272 g/mol. The minimum absolute atomic E-state index is 0.0767. The van der Waals surface area contributed by atoms with E-state index in [0.29, 0.717) is 11.3 Å². The van der Waals surface area contributed by atoms with Gasteiger partial charge in [-0.25, -0.2) is 4.79 Å². The first-order valence-electron chi connectivity index (χ1n) is 6.14. The first-order chi connectivity index (χ1) is 9.40. The molecule has 0 unspecified atom stereocenters. The number of aromatic nitrogens is 1. The Morgan fingerprint density at radius 1 is 1.15 bits per heavy atom. The van der Waals surface area contributed by atoms with E-state index in [0.717, 1.165) is 5.69 Å². The number of hydrogen-bond donors (Lipinski definition) is 1. The second-order valence-corrected chi connectivity index (χ2v) is 4.76. The van der Waals surface area contributed by atoms with Crippen LogP contribution in [0, 0.1) is 0 Å². The molecule has 1 aromatic carbocycles. The zero-order valence-electron chi connectivity index (χ0n) is 11.6. The summed E-state index contributed by atoms with van der Waals surface area (Å²) in [5.74, 6) is -1.22. The third-order valence-electron chi connectivity index (χ3n) is 3.09. The second-order valence-electron chi connectivity index (χ2n) is 4.76. The minimum atomic E-state index is -1.06. The number of carbonyl (C=O) groups excluding carboxylic acids is 1. The van der Waals surface area contributed by atoms with E-state index in [1.807, 2.05) is 43.3 Å². The third-order valence-corrected chi connectivity index (χ3v) is 3.09. The Kier molecular flexibility index (Phi) is 3.61. The molecule has 1 N–H and O–H groups in total. The van der Waals surface area contributed by atoms with Crippen molar-refractivity contribution in [3.05, 3.63) is 47.8 Å². The Balaban J connectivity index is 2.50. The van der Waals surface area contributed by atoms with E-state index in [1.54, 1.807) is 6.20 Å². The monoisotopic (exact) mass is 272 g/mol. The van der Waals surface area contributed by atoms with Gasteiger partial charge in [0.15, 0.2) is 5.78 Å². The van der Waals surface area contributed by atoms with Crippen LogP contribution >= 0.6 is 0 Å². The third kappa shape index (κ3) is 2.56. The van der Waals surface area contributed by atoms with Crippen molar-refractivity contribution in [2.45, 2.75) is 6.92 Å². The fourth-order valence-electron chi connectivity index (χ4n) is 1.95. The second kappa shape index (κ2) is 5.21. The van der Waals surface area contributed by atoms with Gasteiger partial charge >= 0.3 is 5.97 Å². The number of carboxylic acids is 1. The molecular weight excluding hydrogens is 256 g/mol. The Morgan fingerprint density at radius 2 is 1.75 bits per heavy atom. The lowest BCUT2D eigenvalue weighted by Crippen LogP contribution is -2.09. The summed E-state index contributed by atoms with van der Waals surface area (Å²) in [5.41, 5.74) is 2.19. The number of Topliss-reactive ketones (excluding diaryl/α,β-unsaturated/α-hetero) is 1. The Labute approximate surface area is 117 Å². The number of ketones is 1. The molecule has 0 aliphatic rings. The molecule has 104 valence electrons. The molecule has 1 aromatic heterocycles. The van der Waals surface area contributed by atoms with Crippen LogP contribution < -0.4 is 4.90 Å². The lowest BCUT2D eigenvalue weighted by molar-refractivity contribution is 0.0688. The van der Waals surface area contributed by atoms with E-state index < -0.39 is 5.97 Å². The topological polar surface area (TPSA) is 62.5 Å². The number of anilines is 1. The van der Waals surface area contributed by atoms with Gasteiger partial charge in [0.2, 0.25) is 0 Å². The number of carboxylic acid groups (broad SMARTS) is 1. The van der Waals surface area contributed by atoms with Gasteiger partial charge in [0, 0.05) is 37.2 Å². The molecule has 20 heavy (non-hydrogen) atoms. The SMILES string of the molecule is CC(=O)c1cc(C(=O)O)n(-c2ccc(N(C)C)cc2)c1. The number of rotatable bonds is 4. The van der Waals surface area contributed by atoms with Crippen LogP contribution in [-0.4, -0.2) is 35.5 Å². The smallest absolute Gasteiger partial charge is 0.352 e. The summed E-state index contributed by atoms with van der Waals surface area (Å²) < 4.78 is 1.51. The molecule has 0 spiro atoms. The number of nitrogens with zero attached hydrogens (tertiary/aromatic N) is 2. The first-order valence-corrected chi connectivity index (χ1v) is 6.14. The number of aromatic carboxylic acids is 1. The van der Waals surface area contributed by atoms with Crippen molar-refractivity contribution in [2.24, 2.45) is 0 Å². The molecule has 0 saturated carbocycles. The van der Waals surface area contributed by atoms with Crippen molar-refractivity contribution in [3.8, 4) is 5.69 Å². The summed E-state index contributed by atoms with van der Waals surface area (Å²) in [4.78, 5) is 24.6. The van der Waals surface area contributed by atoms with Crippen molar-refractivity contribution in [2.75, 3.05) is 19.0 Å². The minimum Gasteiger partial charge on any atom is -0.477 e. The van der Waals surface area contributed by atoms with Gasteiger partial charge in [0.1, 0.15) is 5.69 Å². The molecule has 5 nitrogen and oxygen atoms in total. The summed E-state index contributed by atoms with van der Waals surface area (Å²) in [5, 5.41) is 9.22. The van der Waals surface area contributed by atoms with Crippen LogP contribution in [0.2, 0.25) is 0 Å². The van der Waals surface area contributed by atoms with E-state index in [2.05, 4.69) is 0 Å². The molecule has 0 aliphatic heterocycles. The van der Waals surface area contributed by atoms with Crippen molar-refractivity contribution in [3.63, 3.8) is 0 Å². The van der Waals surface area contributed by atoms with Crippen LogP contribution in [-0.2, 0) is 0 Å². The zero-order chi connectivity index (χ0) is 14.9. The highest BCUT2D eigenvalue weighted by Gasteiger charge is 2.15. The van der Waals surface area contributed by atoms with Crippen molar-refractivity contribution in [1.82, 2.24) is 4.57 Å². The van der Waals surface area contributed by atoms with Gasteiger partial charge in [-0.3, -0.25) is 4.79 Å². The normalized spacial score (nSPS) is 10.3. The summed E-state index contributed by atoms with van der Waals surface area (Å²) in [6, 6.07) is 8.84. The summed E-state index contributed by atoms with van der Waals surface area (Å²) >= 11 is 0. The molecule has 0 fully saturated rings. The first kappa shape index (κ1) is 13.9. The van der Waals surface area contributed by atoms with Gasteiger partial charge in [-0.15, -0.1) is 0 Å². The maximum absolute atomic E-state index is 11.4. The standard InChI is InChI=1S/C15H16N2O3/c1-10(18)11-8-14(15(19)20)17(9-11)13-6-4-12(5-7-13)16(2)3/h4-9H,1-3H3,(H,19,20). The fourth-order valence-corrected chi connectivity index (χ4v) is 1.95. The predicted octanol–water partition coefficient (Wildman–Crippen LogP) is 2.44. The molecule has 5 heteroatoms. The highest BCUT2D eigenvalue weighted by Crippen LogP contribution is 2.20. The van der Waals surface area contributed by atoms with E-state index in [4.69, 9.17) is 0 Å². The maximum atomic E-state index is 11.4. The lowest BCUT2D eigenvalue weighted by atomic mass is 10.2. The van der Waals surface area contributed by atoms with Gasteiger partial charge in [-0.2, -0.15) is 0 Å². The van der Waals surface area contributed by atoms with Gasteiger partial charge < -0.3 is 14.6 Å². The van der Waals surface area contributed by atoms with Gasteiger partial charge in [-0.1, -0.05) is 0 Å². The molecule has 0 saturated heterocycles. The Hall–Kier alpha value is -2.56.